The number of hydrogen-bond acceptors (Lipinski definition) is 3. The van der Waals surface area contributed by atoms with Gasteiger partial charge in [0.2, 0.25) is 0 Å². The highest BCUT2D eigenvalue weighted by Gasteiger charge is 2.27. The molecular weight excluding hydrogens is 271 g/mol. The molecule has 1 fully saturated rings. The largest absolute Gasteiger partial charge is 0.301 e. The number of nitrogens with zero attached hydrogens (tertiary/aromatic N) is 1. The molecule has 0 aliphatic heterocycles. The minimum absolute atomic E-state index is 0.0377. The summed E-state index contributed by atoms with van der Waals surface area (Å²) in [7, 11) is 0. The number of thiazole rings is 1. The van der Waals surface area contributed by atoms with E-state index in [9.17, 15) is 4.39 Å². The molecule has 1 aliphatic rings. The van der Waals surface area contributed by atoms with Crippen LogP contribution in [0.25, 0.3) is 0 Å². The third-order valence-electron chi connectivity index (χ3n) is 2.96. The van der Waals surface area contributed by atoms with Crippen LogP contribution in [0.2, 0.25) is 5.02 Å². The van der Waals surface area contributed by atoms with Crippen LogP contribution < -0.4 is 5.32 Å². The van der Waals surface area contributed by atoms with Gasteiger partial charge in [0.05, 0.1) is 11.1 Å². The fourth-order valence-electron chi connectivity index (χ4n) is 1.86. The van der Waals surface area contributed by atoms with Gasteiger partial charge in [0, 0.05) is 17.6 Å². The minimum Gasteiger partial charge on any atom is -0.301 e. The summed E-state index contributed by atoms with van der Waals surface area (Å²) < 4.78 is 13.6. The van der Waals surface area contributed by atoms with Crippen molar-refractivity contribution in [1.82, 2.24) is 10.3 Å². The van der Waals surface area contributed by atoms with Crippen LogP contribution >= 0.6 is 22.9 Å². The molecule has 2 aromatic rings. The first-order chi connectivity index (χ1) is 8.74. The molecule has 1 atom stereocenters. The number of rotatable bonds is 4. The first-order valence-electron chi connectivity index (χ1n) is 5.84. The molecule has 1 aromatic carbocycles. The standard InChI is InChI=1S/C13H12ClFN2S/c14-10-4-1-8(7-11(10)15)12(17-9-2-3-9)13-16-5-6-18-13/h1,4-7,9,12,17H,2-3H2. The maximum absolute atomic E-state index is 13.6. The van der Waals surface area contributed by atoms with Gasteiger partial charge in [0.15, 0.2) is 0 Å². The van der Waals surface area contributed by atoms with Gasteiger partial charge in [-0.1, -0.05) is 17.7 Å². The maximum Gasteiger partial charge on any atom is 0.142 e. The van der Waals surface area contributed by atoms with Crippen LogP contribution in [0, 0.1) is 5.82 Å². The lowest BCUT2D eigenvalue weighted by Gasteiger charge is -2.17. The monoisotopic (exact) mass is 282 g/mol. The summed E-state index contributed by atoms with van der Waals surface area (Å²) in [5.41, 5.74) is 0.874. The molecule has 94 valence electrons. The van der Waals surface area contributed by atoms with Crippen molar-refractivity contribution in [2.45, 2.75) is 24.9 Å². The summed E-state index contributed by atoms with van der Waals surface area (Å²) in [5, 5.41) is 6.55. The number of halogens is 2. The van der Waals surface area contributed by atoms with Crippen molar-refractivity contribution in [3.05, 3.63) is 51.2 Å². The zero-order valence-corrected chi connectivity index (χ0v) is 11.1. The van der Waals surface area contributed by atoms with E-state index in [1.54, 1.807) is 23.6 Å². The summed E-state index contributed by atoms with van der Waals surface area (Å²) >= 11 is 7.30. The summed E-state index contributed by atoms with van der Waals surface area (Å²) in [4.78, 5) is 4.33. The molecule has 1 N–H and O–H groups in total. The molecule has 2 nitrogen and oxygen atoms in total. The predicted molar refractivity (Wildman–Crippen MR) is 71.5 cm³/mol. The van der Waals surface area contributed by atoms with Crippen molar-refractivity contribution >= 4 is 22.9 Å². The molecule has 1 unspecified atom stereocenters. The van der Waals surface area contributed by atoms with Gasteiger partial charge in [-0.05, 0) is 30.5 Å². The lowest BCUT2D eigenvalue weighted by molar-refractivity contribution is 0.584. The quantitative estimate of drug-likeness (QED) is 0.923. The summed E-state index contributed by atoms with van der Waals surface area (Å²) in [6.07, 6.45) is 4.13. The van der Waals surface area contributed by atoms with Gasteiger partial charge in [-0.25, -0.2) is 9.37 Å². The van der Waals surface area contributed by atoms with Crippen molar-refractivity contribution in [3.8, 4) is 0 Å². The molecule has 18 heavy (non-hydrogen) atoms. The molecule has 5 heteroatoms. The van der Waals surface area contributed by atoms with E-state index in [4.69, 9.17) is 11.6 Å². The first-order valence-corrected chi connectivity index (χ1v) is 7.10. The Morgan fingerprint density at radius 3 is 2.89 bits per heavy atom. The zero-order chi connectivity index (χ0) is 12.5. The minimum atomic E-state index is -0.381. The summed E-state index contributed by atoms with van der Waals surface area (Å²) in [6, 6.07) is 5.43. The van der Waals surface area contributed by atoms with Crippen LogP contribution in [0.5, 0.6) is 0 Å². The van der Waals surface area contributed by atoms with Gasteiger partial charge in [0.1, 0.15) is 10.8 Å². The lowest BCUT2D eigenvalue weighted by Crippen LogP contribution is -2.24. The highest BCUT2D eigenvalue weighted by Crippen LogP contribution is 2.31. The average Bonchev–Trinajstić information content (AvgIpc) is 3.02. The Kier molecular flexibility index (Phi) is 3.33. The van der Waals surface area contributed by atoms with Crippen LogP contribution in [0.3, 0.4) is 0 Å². The van der Waals surface area contributed by atoms with Crippen molar-refractivity contribution in [1.29, 1.82) is 0 Å². The number of hydrogen-bond donors (Lipinski definition) is 1. The van der Waals surface area contributed by atoms with E-state index in [-0.39, 0.29) is 16.9 Å². The maximum atomic E-state index is 13.6. The second-order valence-corrected chi connectivity index (χ2v) is 5.75. The molecule has 0 amide bonds. The Morgan fingerprint density at radius 2 is 2.28 bits per heavy atom. The number of nitrogens with one attached hydrogen (secondary N) is 1. The van der Waals surface area contributed by atoms with Gasteiger partial charge < -0.3 is 5.32 Å². The molecule has 0 bridgehead atoms. The summed E-state index contributed by atoms with van der Waals surface area (Å²) in [5.74, 6) is -0.381. The van der Waals surface area contributed by atoms with Crippen LogP contribution in [-0.4, -0.2) is 11.0 Å². The number of aromatic nitrogens is 1. The molecule has 1 saturated carbocycles. The van der Waals surface area contributed by atoms with Crippen molar-refractivity contribution in [2.24, 2.45) is 0 Å². The molecule has 0 spiro atoms. The van der Waals surface area contributed by atoms with Crippen molar-refractivity contribution < 1.29 is 4.39 Å². The third-order valence-corrected chi connectivity index (χ3v) is 4.10. The topological polar surface area (TPSA) is 24.9 Å². The molecule has 1 aromatic heterocycles. The van der Waals surface area contributed by atoms with E-state index in [2.05, 4.69) is 10.3 Å². The van der Waals surface area contributed by atoms with E-state index < -0.39 is 0 Å². The van der Waals surface area contributed by atoms with Crippen LogP contribution in [0.4, 0.5) is 4.39 Å². The van der Waals surface area contributed by atoms with Crippen LogP contribution in [-0.2, 0) is 0 Å². The van der Waals surface area contributed by atoms with Crippen molar-refractivity contribution in [2.75, 3.05) is 0 Å². The normalized spacial score (nSPS) is 16.8. The first kappa shape index (κ1) is 12.1. The van der Waals surface area contributed by atoms with E-state index in [1.165, 1.54) is 18.9 Å². The van der Waals surface area contributed by atoms with Crippen molar-refractivity contribution in [3.63, 3.8) is 0 Å². The lowest BCUT2D eigenvalue weighted by atomic mass is 10.1. The number of benzene rings is 1. The van der Waals surface area contributed by atoms with Crippen LogP contribution in [0.15, 0.2) is 29.8 Å². The molecule has 1 heterocycles. The summed E-state index contributed by atoms with van der Waals surface area (Å²) in [6.45, 7) is 0. The Morgan fingerprint density at radius 1 is 1.44 bits per heavy atom. The molecule has 0 radical (unpaired) electrons. The Hall–Kier alpha value is -0.970. The average molecular weight is 283 g/mol. The molecule has 1 aliphatic carbocycles. The van der Waals surface area contributed by atoms with Gasteiger partial charge in [-0.2, -0.15) is 0 Å². The van der Waals surface area contributed by atoms with Gasteiger partial charge in [-0.15, -0.1) is 11.3 Å². The highest BCUT2D eigenvalue weighted by molar-refractivity contribution is 7.09. The van der Waals surface area contributed by atoms with Gasteiger partial charge >= 0.3 is 0 Å². The molecule has 0 saturated heterocycles. The Balaban J connectivity index is 1.93. The van der Waals surface area contributed by atoms with E-state index >= 15 is 0 Å². The smallest absolute Gasteiger partial charge is 0.142 e. The third kappa shape index (κ3) is 2.55. The Bertz CT molecular complexity index is 540. The van der Waals surface area contributed by atoms with Crippen LogP contribution in [0.1, 0.15) is 29.5 Å². The second-order valence-electron chi connectivity index (χ2n) is 4.42. The highest BCUT2D eigenvalue weighted by atomic mass is 35.5. The molecular formula is C13H12ClFN2S. The fraction of sp³-hybridized carbons (Fsp3) is 0.308. The SMILES string of the molecule is Fc1cc(C(NC2CC2)c2nccs2)ccc1Cl. The van der Waals surface area contributed by atoms with E-state index in [0.29, 0.717) is 6.04 Å². The second kappa shape index (κ2) is 4.96. The predicted octanol–water partition coefficient (Wildman–Crippen LogP) is 3.78. The van der Waals surface area contributed by atoms with E-state index in [1.807, 2.05) is 11.4 Å². The molecule has 3 rings (SSSR count). The van der Waals surface area contributed by atoms with Gasteiger partial charge in [0.25, 0.3) is 0 Å². The van der Waals surface area contributed by atoms with Gasteiger partial charge in [-0.3, -0.25) is 0 Å². The fourth-order valence-corrected chi connectivity index (χ4v) is 2.71. The Labute approximate surface area is 114 Å². The zero-order valence-electron chi connectivity index (χ0n) is 9.57. The van der Waals surface area contributed by atoms with E-state index in [0.717, 1.165) is 10.6 Å².